The van der Waals surface area contributed by atoms with Gasteiger partial charge in [-0.1, -0.05) is 79.1 Å². The number of nitriles is 2. The van der Waals surface area contributed by atoms with E-state index < -0.39 is 44.9 Å². The Balaban J connectivity index is 0.000000327. The number of carboxylic acid groups (broad SMARTS) is 1. The predicted molar refractivity (Wildman–Crippen MR) is 384 cm³/mol. The molecule has 10 rings (SSSR count). The number of carbonyl (C=O) groups excluding carboxylic acids is 6. The van der Waals surface area contributed by atoms with Crippen molar-refractivity contribution >= 4 is 76.8 Å². The van der Waals surface area contributed by atoms with Crippen molar-refractivity contribution in [1.82, 2.24) is 36.0 Å². The molecule has 28 heteroatoms. The third-order valence-corrected chi connectivity index (χ3v) is 20.3. The molecule has 10 aliphatic rings. The van der Waals surface area contributed by atoms with Crippen molar-refractivity contribution in [3.8, 4) is 12.1 Å². The molecule has 4 saturated heterocycles. The third kappa shape index (κ3) is 29.2. The SMILES string of the molecule is CC(C)(C)OC(=O)N1CCC(N)(C#N)CC1.CC1CCCC(C(=O)NC2(C#N)CCN(C(=O)OC(C)(C)C)CC2)C1.CC1CCCC(C(=O)O)C1.C[C@@H]1CCC[C@H](C2=NC3(CCN(C(=O)OC(C)(C)C)CC3)C(=O)N2)C1.C[C@@H]1CCC[C@H](C2=NC3(CCNCC3)C(=O)N2)C1.ClCCl.[NH-]O.[Na+]. The summed E-state index contributed by atoms with van der Waals surface area (Å²) in [5.41, 5.74) is 1.55. The molecule has 6 aliphatic heterocycles. The van der Waals surface area contributed by atoms with E-state index in [0.717, 1.165) is 94.9 Å². The van der Waals surface area contributed by atoms with Gasteiger partial charge in [-0.15, -0.1) is 23.2 Å². The fourth-order valence-corrected chi connectivity index (χ4v) is 14.6. The van der Waals surface area contributed by atoms with Crippen LogP contribution in [0, 0.1) is 70.0 Å². The first-order valence-electron chi connectivity index (χ1n) is 36.4. The van der Waals surface area contributed by atoms with Crippen molar-refractivity contribution < 1.29 is 87.6 Å². The number of rotatable bonds is 5. The molecule has 4 aliphatic carbocycles. The van der Waals surface area contributed by atoms with Gasteiger partial charge in [-0.05, 0) is 189 Å². The van der Waals surface area contributed by atoms with Gasteiger partial charge in [0.15, 0.2) is 0 Å². The Kier molecular flexibility index (Phi) is 36.9. The number of hydrogen-bond donors (Lipinski definition) is 7. The molecule has 6 amide bonds. The van der Waals surface area contributed by atoms with Crippen LogP contribution < -0.4 is 56.6 Å². The molecular formula is C72H122Cl2N13NaO12. The van der Waals surface area contributed by atoms with Crippen LogP contribution in [0.4, 0.5) is 14.4 Å². The molecule has 100 heavy (non-hydrogen) atoms. The van der Waals surface area contributed by atoms with E-state index in [2.05, 4.69) is 61.1 Å². The number of amidine groups is 2. The maximum Gasteiger partial charge on any atom is 1.00 e. The molecule has 0 aromatic rings. The summed E-state index contributed by atoms with van der Waals surface area (Å²) in [7, 11) is 0. The number of ether oxygens (including phenoxy) is 3. The maximum atomic E-state index is 12.6. The maximum absolute atomic E-state index is 12.6. The number of carbonyl (C=O) groups is 7. The Morgan fingerprint density at radius 3 is 1.22 bits per heavy atom. The van der Waals surface area contributed by atoms with Crippen LogP contribution >= 0.6 is 23.2 Å². The number of likely N-dealkylation sites (tertiary alicyclic amines) is 3. The summed E-state index contributed by atoms with van der Waals surface area (Å²) in [6.07, 6.45) is 21.6. The molecule has 6 heterocycles. The van der Waals surface area contributed by atoms with E-state index in [1.807, 2.05) is 62.3 Å². The fraction of sp³-hybridized carbons (Fsp3) is 0.847. The number of aliphatic imine (C=N–C) groups is 2. The van der Waals surface area contributed by atoms with Gasteiger partial charge in [0.05, 0.1) is 23.4 Å². The molecule has 562 valence electrons. The number of alkyl halides is 2. The number of aliphatic carboxylic acids is 1. The molecule has 25 nitrogen and oxygen atoms in total. The van der Waals surface area contributed by atoms with Crippen LogP contribution in [0.2, 0.25) is 0 Å². The zero-order chi connectivity index (χ0) is 74.2. The van der Waals surface area contributed by atoms with Gasteiger partial charge in [-0.2, -0.15) is 10.5 Å². The fourth-order valence-electron chi connectivity index (χ4n) is 14.6. The summed E-state index contributed by atoms with van der Waals surface area (Å²) >= 11 is 9.53. The van der Waals surface area contributed by atoms with E-state index in [1.54, 1.807) is 14.7 Å². The molecular weight excluding hydrogens is 1330 g/mol. The van der Waals surface area contributed by atoms with Crippen molar-refractivity contribution in [1.29, 1.82) is 10.5 Å². The average Bonchev–Trinajstić information content (AvgIpc) is 1.62. The second kappa shape index (κ2) is 41.2. The van der Waals surface area contributed by atoms with Crippen LogP contribution in [0.15, 0.2) is 9.98 Å². The van der Waals surface area contributed by atoms with E-state index in [1.165, 1.54) is 51.4 Å². The summed E-state index contributed by atoms with van der Waals surface area (Å²) in [6, 6.07) is 4.38. The number of halogens is 2. The van der Waals surface area contributed by atoms with E-state index in [4.69, 9.17) is 74.6 Å². The van der Waals surface area contributed by atoms with Crippen LogP contribution in [-0.2, 0) is 33.4 Å². The van der Waals surface area contributed by atoms with Crippen LogP contribution in [0.5, 0.6) is 0 Å². The van der Waals surface area contributed by atoms with Crippen LogP contribution in [0.3, 0.4) is 0 Å². The normalized spacial score (nSPS) is 27.1. The largest absolute Gasteiger partial charge is 1.00 e. The summed E-state index contributed by atoms with van der Waals surface area (Å²) in [4.78, 5) is 98.7. The number of nitrogens with zero attached hydrogens (tertiary/aromatic N) is 7. The number of nitrogens with one attached hydrogen (secondary N) is 5. The van der Waals surface area contributed by atoms with Gasteiger partial charge in [-0.3, -0.25) is 29.2 Å². The minimum Gasteiger partial charge on any atom is -0.553 e. The van der Waals surface area contributed by atoms with Gasteiger partial charge in [0.25, 0.3) is 11.8 Å². The summed E-state index contributed by atoms with van der Waals surface area (Å²) in [5.74, 6) is 9.69. The van der Waals surface area contributed by atoms with Crippen molar-refractivity contribution in [3.05, 3.63) is 5.90 Å². The first kappa shape index (κ1) is 89.6. The number of amides is 6. The molecule has 0 radical (unpaired) electrons. The standard InChI is InChI=1S/2C19H31N3O3.C14H23N3O.C11H19N3O2.C8H14O2.CH2Cl2.H2NO.Na/c1-13-6-5-7-14(12-13)15-20-16(23)19(21-15)8-10-22(11-9-19)17(24)25-18(2,3)4;1-14-6-5-7-15(12-14)16(23)21-19(13-20)8-10-22(11-9-19)17(24)25-18(2,3)4;1-10-3-2-4-11(9-10)12-16-13(18)14(17-12)5-7-15-8-6-14;1-10(2,3)16-9(15)14-6-4-11(13,8-12)5-7-14;1-6-3-2-4-7(5-6)8(9)10;2-1-3;1-2;/h13-14H,5-12H2,1-4H3,(H,20,21,23);14-15H,5-12H2,1-4H3,(H,21,23);10-11,15H,2-9H2,1H3,(H,16,17,18);4-7,13H2,1-3H3;6-7H,2-5H2,1H3,(H,9,10);1H2;1-2H;/q;;;;;;-1;+1/t13-,14+;;10-,11+;;;;;/m1.1...../s1. The Morgan fingerprint density at radius 2 is 0.890 bits per heavy atom. The second-order valence-corrected chi connectivity index (χ2v) is 33.2. The molecule has 4 unspecified atom stereocenters. The number of carboxylic acids is 1. The quantitative estimate of drug-likeness (QED) is 0.0582. The van der Waals surface area contributed by atoms with E-state index >= 15 is 0 Å². The van der Waals surface area contributed by atoms with Gasteiger partial charge >= 0.3 is 53.8 Å². The number of piperidine rings is 4. The van der Waals surface area contributed by atoms with E-state index in [9.17, 15) is 38.8 Å². The average molecular weight is 1460 g/mol. The van der Waals surface area contributed by atoms with Gasteiger partial charge in [0.2, 0.25) is 5.91 Å². The smallest absolute Gasteiger partial charge is 0.553 e. The number of nitrogens with two attached hydrogens (primary N) is 1. The summed E-state index contributed by atoms with van der Waals surface area (Å²) < 4.78 is 16.1. The molecule has 0 aromatic heterocycles. The molecule has 2 spiro atoms. The Morgan fingerprint density at radius 1 is 0.560 bits per heavy atom. The van der Waals surface area contributed by atoms with Gasteiger partial charge in [0, 0.05) is 69.9 Å². The van der Waals surface area contributed by atoms with Crippen LogP contribution in [0.25, 0.3) is 5.90 Å². The van der Waals surface area contributed by atoms with E-state index in [0.29, 0.717) is 107 Å². The first-order chi connectivity index (χ1) is 46.4. The van der Waals surface area contributed by atoms with Gasteiger partial charge in [0.1, 0.15) is 50.6 Å². The molecule has 0 aromatic carbocycles. The van der Waals surface area contributed by atoms with Crippen molar-refractivity contribution in [3.63, 3.8) is 0 Å². The molecule has 9 N–H and O–H groups in total. The van der Waals surface area contributed by atoms with Gasteiger partial charge in [-0.25, -0.2) is 14.4 Å². The summed E-state index contributed by atoms with van der Waals surface area (Å²) in [5, 5.41) is 46.1. The summed E-state index contributed by atoms with van der Waals surface area (Å²) in [6.45, 7) is 30.1. The van der Waals surface area contributed by atoms with Crippen LogP contribution in [0.1, 0.15) is 244 Å². The zero-order valence-electron chi connectivity index (χ0n) is 62.9. The minimum atomic E-state index is -0.865. The monoisotopic (exact) mass is 1450 g/mol. The Hall–Kier alpha value is -4.57. The Labute approximate surface area is 628 Å². The molecule has 8 atom stereocenters. The van der Waals surface area contributed by atoms with E-state index in [-0.39, 0.29) is 82.7 Å². The predicted octanol–water partition coefficient (Wildman–Crippen LogP) is 9.79. The Bertz CT molecular complexity index is 2790. The third-order valence-electron chi connectivity index (χ3n) is 20.3. The number of hydrogen-bond acceptors (Lipinski definition) is 17. The zero-order valence-corrected chi connectivity index (χ0v) is 66.4. The first-order valence-corrected chi connectivity index (χ1v) is 37.4. The molecule has 8 fully saturated rings. The van der Waals surface area contributed by atoms with Crippen molar-refractivity contribution in [2.24, 2.45) is 63.1 Å². The minimum absolute atomic E-state index is 0. The molecule has 4 saturated carbocycles. The van der Waals surface area contributed by atoms with Gasteiger partial charge < -0.3 is 72.1 Å². The van der Waals surface area contributed by atoms with Crippen molar-refractivity contribution in [2.75, 3.05) is 57.7 Å². The second-order valence-electron chi connectivity index (χ2n) is 32.4. The van der Waals surface area contributed by atoms with Crippen molar-refractivity contribution in [2.45, 2.75) is 283 Å². The topological polar surface area (TPSA) is 368 Å². The molecule has 0 bridgehead atoms. The van der Waals surface area contributed by atoms with Crippen LogP contribution in [-0.4, -0.2) is 175 Å².